The van der Waals surface area contributed by atoms with Gasteiger partial charge in [0.15, 0.2) is 0 Å². The summed E-state index contributed by atoms with van der Waals surface area (Å²) in [6.45, 7) is 6.87. The number of aromatic nitrogens is 4. The lowest BCUT2D eigenvalue weighted by molar-refractivity contribution is 0.106. The summed E-state index contributed by atoms with van der Waals surface area (Å²) in [6.07, 6.45) is 1.03. The molecule has 1 aliphatic heterocycles. The summed E-state index contributed by atoms with van der Waals surface area (Å²) in [7, 11) is 1.73. The van der Waals surface area contributed by atoms with Crippen LogP contribution in [-0.2, 0) is 11.3 Å². The van der Waals surface area contributed by atoms with Crippen LogP contribution in [0.5, 0.6) is 0 Å². The fourth-order valence-electron chi connectivity index (χ4n) is 3.10. The molecule has 0 spiro atoms. The van der Waals surface area contributed by atoms with Crippen LogP contribution in [-0.4, -0.2) is 47.0 Å². The highest BCUT2D eigenvalue weighted by Gasteiger charge is 2.35. The fraction of sp³-hybridized carbons (Fsp3) is 0.562. The number of rotatable bonds is 5. The quantitative estimate of drug-likeness (QED) is 0.844. The number of methoxy groups -OCH3 is 1. The summed E-state index contributed by atoms with van der Waals surface area (Å²) in [6, 6.07) is 5.23. The molecule has 2 heterocycles. The van der Waals surface area contributed by atoms with Crippen molar-refractivity contribution in [3.8, 4) is 0 Å². The summed E-state index contributed by atoms with van der Waals surface area (Å²) in [4.78, 5) is 2.17. The SMILES string of the molecule is COCC1(C)CCN(c2nnnn2Cc2ccc(C)c(F)c2)C1. The van der Waals surface area contributed by atoms with Crippen LogP contribution in [0.3, 0.4) is 0 Å². The highest BCUT2D eigenvalue weighted by molar-refractivity contribution is 5.33. The Morgan fingerprint density at radius 1 is 1.39 bits per heavy atom. The first-order chi connectivity index (χ1) is 11.0. The van der Waals surface area contributed by atoms with Gasteiger partial charge in [0.25, 0.3) is 0 Å². The number of tetrazole rings is 1. The number of nitrogens with zero attached hydrogens (tertiary/aromatic N) is 5. The van der Waals surface area contributed by atoms with Crippen LogP contribution in [0.4, 0.5) is 10.3 Å². The molecule has 0 amide bonds. The van der Waals surface area contributed by atoms with Crippen LogP contribution < -0.4 is 4.90 Å². The number of halogens is 1. The third kappa shape index (κ3) is 3.34. The zero-order chi connectivity index (χ0) is 16.4. The Balaban J connectivity index is 1.76. The van der Waals surface area contributed by atoms with Crippen LogP contribution in [0.2, 0.25) is 0 Å². The van der Waals surface area contributed by atoms with Gasteiger partial charge in [-0.15, -0.1) is 0 Å². The molecule has 1 aromatic carbocycles. The molecule has 124 valence electrons. The Kier molecular flexibility index (Phi) is 4.30. The maximum absolute atomic E-state index is 13.7. The second-order valence-electron chi connectivity index (χ2n) is 6.64. The number of aryl methyl sites for hydroxylation is 1. The summed E-state index contributed by atoms with van der Waals surface area (Å²) in [5.41, 5.74) is 1.60. The van der Waals surface area contributed by atoms with Gasteiger partial charge in [-0.3, -0.25) is 0 Å². The summed E-state index contributed by atoms with van der Waals surface area (Å²) < 4.78 is 20.8. The van der Waals surface area contributed by atoms with Crippen molar-refractivity contribution < 1.29 is 9.13 Å². The van der Waals surface area contributed by atoms with Gasteiger partial charge in [-0.1, -0.05) is 24.2 Å². The van der Waals surface area contributed by atoms with Gasteiger partial charge in [-0.05, 0) is 41.0 Å². The Morgan fingerprint density at radius 3 is 2.96 bits per heavy atom. The molecule has 1 atom stereocenters. The fourth-order valence-corrected chi connectivity index (χ4v) is 3.10. The van der Waals surface area contributed by atoms with Crippen molar-refractivity contribution in [1.82, 2.24) is 20.2 Å². The van der Waals surface area contributed by atoms with Gasteiger partial charge in [-0.25, -0.2) is 9.07 Å². The smallest absolute Gasteiger partial charge is 0.245 e. The summed E-state index contributed by atoms with van der Waals surface area (Å²) in [5.74, 6) is 0.525. The Bertz CT molecular complexity index is 689. The van der Waals surface area contributed by atoms with Crippen molar-refractivity contribution in [2.45, 2.75) is 26.8 Å². The van der Waals surface area contributed by atoms with Crippen LogP contribution in [0.1, 0.15) is 24.5 Å². The third-order valence-corrected chi connectivity index (χ3v) is 4.42. The van der Waals surface area contributed by atoms with E-state index in [1.165, 1.54) is 0 Å². The first-order valence-corrected chi connectivity index (χ1v) is 7.76. The van der Waals surface area contributed by atoms with E-state index in [1.54, 1.807) is 30.8 Å². The molecule has 0 bridgehead atoms. The van der Waals surface area contributed by atoms with Crippen molar-refractivity contribution in [2.24, 2.45) is 5.41 Å². The molecule has 3 rings (SSSR count). The van der Waals surface area contributed by atoms with Crippen molar-refractivity contribution in [1.29, 1.82) is 0 Å². The van der Waals surface area contributed by atoms with E-state index in [0.29, 0.717) is 18.7 Å². The van der Waals surface area contributed by atoms with E-state index in [-0.39, 0.29) is 11.2 Å². The monoisotopic (exact) mass is 319 g/mol. The lowest BCUT2D eigenvalue weighted by Gasteiger charge is -2.23. The van der Waals surface area contributed by atoms with E-state index >= 15 is 0 Å². The molecule has 6 nitrogen and oxygen atoms in total. The normalized spacial score (nSPS) is 21.1. The molecular formula is C16H22FN5O. The first kappa shape index (κ1) is 15.9. The molecule has 0 N–H and O–H groups in total. The molecule has 1 aromatic heterocycles. The van der Waals surface area contributed by atoms with Crippen molar-refractivity contribution in [3.63, 3.8) is 0 Å². The molecule has 7 heteroatoms. The minimum atomic E-state index is -0.203. The average molecular weight is 319 g/mol. The average Bonchev–Trinajstić information content (AvgIpc) is 3.10. The van der Waals surface area contributed by atoms with Crippen LogP contribution in [0.15, 0.2) is 18.2 Å². The first-order valence-electron chi connectivity index (χ1n) is 7.76. The van der Waals surface area contributed by atoms with Crippen LogP contribution >= 0.6 is 0 Å². The topological polar surface area (TPSA) is 56.1 Å². The van der Waals surface area contributed by atoms with E-state index < -0.39 is 0 Å². The largest absolute Gasteiger partial charge is 0.384 e. The lowest BCUT2D eigenvalue weighted by Crippen LogP contribution is -2.30. The summed E-state index contributed by atoms with van der Waals surface area (Å²) in [5, 5.41) is 12.0. The standard InChI is InChI=1S/C16H22FN5O/c1-12-4-5-13(8-14(12)17)9-22-15(18-19-20-22)21-7-6-16(2,10-21)11-23-3/h4-5,8H,6-7,9-11H2,1-3H3. The van der Waals surface area contributed by atoms with Crippen molar-refractivity contribution in [2.75, 3.05) is 31.7 Å². The third-order valence-electron chi connectivity index (χ3n) is 4.42. The number of anilines is 1. The van der Waals surface area contributed by atoms with E-state index in [4.69, 9.17) is 4.74 Å². The highest BCUT2D eigenvalue weighted by Crippen LogP contribution is 2.32. The van der Waals surface area contributed by atoms with Gasteiger partial charge in [0.1, 0.15) is 5.82 Å². The Hall–Kier alpha value is -2.02. The van der Waals surface area contributed by atoms with E-state index in [1.807, 2.05) is 6.07 Å². The number of ether oxygens (including phenoxy) is 1. The van der Waals surface area contributed by atoms with E-state index in [2.05, 4.69) is 27.3 Å². The zero-order valence-corrected chi connectivity index (χ0v) is 13.8. The number of hydrogen-bond donors (Lipinski definition) is 0. The molecule has 2 aromatic rings. The lowest BCUT2D eigenvalue weighted by atomic mass is 9.91. The molecule has 1 fully saturated rings. The predicted octanol–water partition coefficient (Wildman–Crippen LogP) is 2.03. The maximum Gasteiger partial charge on any atom is 0.245 e. The molecule has 23 heavy (non-hydrogen) atoms. The van der Waals surface area contributed by atoms with Crippen molar-refractivity contribution >= 4 is 5.95 Å². The van der Waals surface area contributed by atoms with Crippen LogP contribution in [0.25, 0.3) is 0 Å². The number of hydrogen-bond acceptors (Lipinski definition) is 5. The molecule has 1 aliphatic rings. The van der Waals surface area contributed by atoms with Gasteiger partial charge in [-0.2, -0.15) is 0 Å². The van der Waals surface area contributed by atoms with E-state index in [9.17, 15) is 4.39 Å². The number of benzene rings is 1. The van der Waals surface area contributed by atoms with Gasteiger partial charge in [0.2, 0.25) is 5.95 Å². The van der Waals surface area contributed by atoms with Crippen molar-refractivity contribution in [3.05, 3.63) is 35.1 Å². The Morgan fingerprint density at radius 2 is 2.22 bits per heavy atom. The predicted molar refractivity (Wildman–Crippen MR) is 84.9 cm³/mol. The van der Waals surface area contributed by atoms with Gasteiger partial charge in [0.05, 0.1) is 13.2 Å². The molecule has 1 saturated heterocycles. The highest BCUT2D eigenvalue weighted by atomic mass is 19.1. The minimum absolute atomic E-state index is 0.113. The minimum Gasteiger partial charge on any atom is -0.384 e. The second-order valence-corrected chi connectivity index (χ2v) is 6.64. The molecule has 0 aliphatic carbocycles. The molecule has 0 radical (unpaired) electrons. The molecular weight excluding hydrogens is 297 g/mol. The zero-order valence-electron chi connectivity index (χ0n) is 13.8. The second kappa shape index (κ2) is 6.23. The van der Waals surface area contributed by atoms with E-state index in [0.717, 1.165) is 31.0 Å². The molecule has 0 saturated carbocycles. The van der Waals surface area contributed by atoms with Gasteiger partial charge in [0, 0.05) is 25.6 Å². The Labute approximate surface area is 135 Å². The summed E-state index contributed by atoms with van der Waals surface area (Å²) >= 11 is 0. The molecule has 1 unspecified atom stereocenters. The van der Waals surface area contributed by atoms with Gasteiger partial charge < -0.3 is 9.64 Å². The van der Waals surface area contributed by atoms with Gasteiger partial charge >= 0.3 is 0 Å². The van der Waals surface area contributed by atoms with Crippen LogP contribution in [0, 0.1) is 18.2 Å². The maximum atomic E-state index is 13.7.